The van der Waals surface area contributed by atoms with Gasteiger partial charge in [-0.2, -0.15) is 5.10 Å². The number of nitrogens with zero attached hydrogens (tertiary/aromatic N) is 5. The van der Waals surface area contributed by atoms with Gasteiger partial charge in [0.05, 0.1) is 29.8 Å². The van der Waals surface area contributed by atoms with Crippen LogP contribution >= 0.6 is 0 Å². The van der Waals surface area contributed by atoms with Crippen LogP contribution in [-0.4, -0.2) is 50.8 Å². The van der Waals surface area contributed by atoms with Crippen molar-refractivity contribution < 1.29 is 9.53 Å². The molecule has 3 aromatic heterocycles. The van der Waals surface area contributed by atoms with Crippen LogP contribution in [0.1, 0.15) is 34.9 Å². The molecule has 5 rings (SSSR count). The lowest BCUT2D eigenvalue weighted by Crippen LogP contribution is -2.30. The maximum Gasteiger partial charge on any atom is 0.257 e. The Morgan fingerprint density at radius 1 is 1.18 bits per heavy atom. The first-order chi connectivity index (χ1) is 16.5. The van der Waals surface area contributed by atoms with Crippen molar-refractivity contribution in [2.45, 2.75) is 25.8 Å². The number of carbonyl (C=O) groups excluding carboxylic acids is 1. The van der Waals surface area contributed by atoms with Crippen LogP contribution in [-0.2, 0) is 0 Å². The number of hydrogen-bond acceptors (Lipinski definition) is 8. The number of nitrogen functional groups attached to an aromatic ring is 1. The summed E-state index contributed by atoms with van der Waals surface area (Å²) in [6.07, 6.45) is 4.94. The fourth-order valence-electron chi connectivity index (χ4n) is 4.24. The van der Waals surface area contributed by atoms with Crippen molar-refractivity contribution in [3.8, 4) is 17.0 Å². The number of methoxy groups -OCH3 is 1. The number of aryl methyl sites for hydroxylation is 1. The summed E-state index contributed by atoms with van der Waals surface area (Å²) in [5, 5.41) is 11.9. The summed E-state index contributed by atoms with van der Waals surface area (Å²) < 4.78 is 7.56. The lowest BCUT2D eigenvalue weighted by Gasteiger charge is -2.23. The first-order valence-electron chi connectivity index (χ1n) is 11.2. The molecule has 0 aliphatic carbocycles. The third-order valence-electron chi connectivity index (χ3n) is 6.07. The number of nitrogens with two attached hydrogens (primary N) is 1. The van der Waals surface area contributed by atoms with Crippen LogP contribution in [0.2, 0.25) is 0 Å². The highest BCUT2D eigenvalue weighted by Gasteiger charge is 2.24. The number of amides is 1. The zero-order valence-electron chi connectivity index (χ0n) is 19.1. The van der Waals surface area contributed by atoms with E-state index in [4.69, 9.17) is 15.6 Å². The lowest BCUT2D eigenvalue weighted by atomic mass is 10.1. The van der Waals surface area contributed by atoms with Crippen LogP contribution in [0.5, 0.6) is 5.75 Å². The Kier molecular flexibility index (Phi) is 5.81. The molecule has 1 amide bonds. The Labute approximate surface area is 196 Å². The molecule has 10 nitrogen and oxygen atoms in total. The SMILES string of the molecule is COc1cc(-c2nn(C3CCNCC3)c3ncnc(N)c23)ccc1NC(=O)c1ccc(C)nc1. The number of benzene rings is 1. The molecule has 0 atom stereocenters. The molecule has 1 fully saturated rings. The van der Waals surface area contributed by atoms with Crippen molar-refractivity contribution in [2.24, 2.45) is 0 Å². The van der Waals surface area contributed by atoms with Crippen LogP contribution in [0.4, 0.5) is 11.5 Å². The van der Waals surface area contributed by atoms with Gasteiger partial charge in [-0.1, -0.05) is 6.07 Å². The van der Waals surface area contributed by atoms with E-state index in [9.17, 15) is 4.79 Å². The monoisotopic (exact) mass is 458 g/mol. The molecule has 10 heteroatoms. The van der Waals surface area contributed by atoms with E-state index in [1.807, 2.05) is 23.7 Å². The summed E-state index contributed by atoms with van der Waals surface area (Å²) in [6, 6.07) is 9.28. The van der Waals surface area contributed by atoms with Crippen molar-refractivity contribution in [1.29, 1.82) is 0 Å². The summed E-state index contributed by atoms with van der Waals surface area (Å²) in [6.45, 7) is 3.73. The Bertz CT molecular complexity index is 1340. The van der Waals surface area contributed by atoms with Gasteiger partial charge in [0.1, 0.15) is 23.6 Å². The average molecular weight is 459 g/mol. The van der Waals surface area contributed by atoms with Gasteiger partial charge in [-0.25, -0.2) is 14.6 Å². The van der Waals surface area contributed by atoms with Crippen molar-refractivity contribution >= 4 is 28.4 Å². The van der Waals surface area contributed by atoms with Gasteiger partial charge < -0.3 is 21.1 Å². The maximum absolute atomic E-state index is 12.7. The summed E-state index contributed by atoms with van der Waals surface area (Å²) in [4.78, 5) is 25.6. The highest BCUT2D eigenvalue weighted by molar-refractivity contribution is 6.05. The number of fused-ring (bicyclic) bond motifs is 1. The third-order valence-corrected chi connectivity index (χ3v) is 6.07. The Morgan fingerprint density at radius 2 is 2.00 bits per heavy atom. The number of piperidine rings is 1. The van der Waals surface area contributed by atoms with E-state index in [2.05, 4.69) is 25.6 Å². The lowest BCUT2D eigenvalue weighted by molar-refractivity contribution is 0.102. The fourth-order valence-corrected chi connectivity index (χ4v) is 4.24. The largest absolute Gasteiger partial charge is 0.495 e. The molecule has 0 radical (unpaired) electrons. The normalized spacial score (nSPS) is 14.3. The van der Waals surface area contributed by atoms with Gasteiger partial charge in [-0.15, -0.1) is 0 Å². The van der Waals surface area contributed by atoms with Crippen LogP contribution in [0.15, 0.2) is 42.9 Å². The number of nitrogens with one attached hydrogen (secondary N) is 2. The number of ether oxygens (including phenoxy) is 1. The van der Waals surface area contributed by atoms with Crippen molar-refractivity contribution in [3.05, 3.63) is 54.1 Å². The van der Waals surface area contributed by atoms with Crippen LogP contribution < -0.4 is 21.1 Å². The maximum atomic E-state index is 12.7. The van der Waals surface area contributed by atoms with Gasteiger partial charge in [0.2, 0.25) is 0 Å². The van der Waals surface area contributed by atoms with Gasteiger partial charge in [0.15, 0.2) is 5.65 Å². The van der Waals surface area contributed by atoms with E-state index >= 15 is 0 Å². The Hall–Kier alpha value is -4.05. The minimum absolute atomic E-state index is 0.232. The van der Waals surface area contributed by atoms with Gasteiger partial charge in [-0.3, -0.25) is 9.78 Å². The molecule has 1 aliphatic rings. The number of aromatic nitrogens is 5. The minimum atomic E-state index is -0.267. The molecule has 0 saturated carbocycles. The van der Waals surface area contributed by atoms with Gasteiger partial charge in [-0.05, 0) is 57.1 Å². The van der Waals surface area contributed by atoms with E-state index < -0.39 is 0 Å². The first kappa shape index (κ1) is 21.8. The molecule has 0 unspecified atom stereocenters. The van der Waals surface area contributed by atoms with Crippen LogP contribution in [0, 0.1) is 6.92 Å². The predicted molar refractivity (Wildman–Crippen MR) is 130 cm³/mol. The van der Waals surface area contributed by atoms with E-state index in [-0.39, 0.29) is 11.9 Å². The zero-order valence-corrected chi connectivity index (χ0v) is 19.1. The topological polar surface area (TPSA) is 133 Å². The highest BCUT2D eigenvalue weighted by atomic mass is 16.5. The quantitative estimate of drug-likeness (QED) is 0.416. The van der Waals surface area contributed by atoms with E-state index in [1.165, 1.54) is 6.33 Å². The highest BCUT2D eigenvalue weighted by Crippen LogP contribution is 2.37. The van der Waals surface area contributed by atoms with Gasteiger partial charge in [0, 0.05) is 17.5 Å². The number of pyridine rings is 1. The number of anilines is 2. The van der Waals surface area contributed by atoms with Gasteiger partial charge in [0.25, 0.3) is 5.91 Å². The second-order valence-corrected chi connectivity index (χ2v) is 8.29. The molecule has 0 bridgehead atoms. The third kappa shape index (κ3) is 4.03. The summed E-state index contributed by atoms with van der Waals surface area (Å²) >= 11 is 0. The summed E-state index contributed by atoms with van der Waals surface area (Å²) in [5.41, 5.74) is 10.3. The number of rotatable bonds is 5. The van der Waals surface area contributed by atoms with Crippen molar-refractivity contribution in [3.63, 3.8) is 0 Å². The van der Waals surface area contributed by atoms with E-state index in [1.54, 1.807) is 31.5 Å². The molecule has 0 spiro atoms. The van der Waals surface area contributed by atoms with E-state index in [0.717, 1.165) is 42.8 Å². The van der Waals surface area contributed by atoms with Crippen LogP contribution in [0.25, 0.3) is 22.3 Å². The Balaban J connectivity index is 1.52. The summed E-state index contributed by atoms with van der Waals surface area (Å²) in [5.74, 6) is 0.617. The second kappa shape index (κ2) is 9.06. The van der Waals surface area contributed by atoms with E-state index in [0.29, 0.717) is 33.9 Å². The molecule has 34 heavy (non-hydrogen) atoms. The van der Waals surface area contributed by atoms with Crippen molar-refractivity contribution in [2.75, 3.05) is 31.2 Å². The molecule has 4 heterocycles. The van der Waals surface area contributed by atoms with Gasteiger partial charge >= 0.3 is 0 Å². The number of hydrogen-bond donors (Lipinski definition) is 3. The molecule has 1 saturated heterocycles. The Morgan fingerprint density at radius 3 is 2.74 bits per heavy atom. The first-order valence-corrected chi connectivity index (χ1v) is 11.2. The van der Waals surface area contributed by atoms with Crippen LogP contribution in [0.3, 0.4) is 0 Å². The molecule has 4 N–H and O–H groups in total. The molecular weight excluding hydrogens is 432 g/mol. The molecule has 1 aromatic carbocycles. The molecule has 4 aromatic rings. The summed E-state index contributed by atoms with van der Waals surface area (Å²) in [7, 11) is 1.56. The number of carbonyl (C=O) groups is 1. The predicted octanol–water partition coefficient (Wildman–Crippen LogP) is 2.96. The zero-order chi connectivity index (χ0) is 23.7. The molecule has 174 valence electrons. The minimum Gasteiger partial charge on any atom is -0.495 e. The average Bonchev–Trinajstić information content (AvgIpc) is 3.26. The molecular formula is C24H26N8O2. The smallest absolute Gasteiger partial charge is 0.257 e. The standard InChI is InChI=1S/C24H26N8O2/c1-14-3-4-16(12-27-14)24(33)30-18-6-5-15(11-19(18)34-2)21-20-22(25)28-13-29-23(20)32(31-21)17-7-9-26-10-8-17/h3-6,11-13,17,26H,7-10H2,1-2H3,(H,30,33)(H2,25,28,29). The fraction of sp³-hybridized carbons (Fsp3) is 0.292. The van der Waals surface area contributed by atoms with Crippen molar-refractivity contribution in [1.82, 2.24) is 30.0 Å². The molecule has 1 aliphatic heterocycles. The second-order valence-electron chi connectivity index (χ2n) is 8.29.